The first kappa shape index (κ1) is 15.5. The zero-order valence-corrected chi connectivity index (χ0v) is 11.4. The van der Waals surface area contributed by atoms with E-state index in [1.807, 2.05) is 26.0 Å². The average Bonchev–Trinajstić information content (AvgIpc) is 2.64. The summed E-state index contributed by atoms with van der Waals surface area (Å²) in [6, 6.07) is 3.45. The Balaban J connectivity index is 2.86. The predicted molar refractivity (Wildman–Crippen MR) is 68.8 cm³/mol. The molecule has 1 rings (SSSR count). The van der Waals surface area contributed by atoms with Crippen molar-refractivity contribution in [3.63, 3.8) is 0 Å². The van der Waals surface area contributed by atoms with E-state index in [0.29, 0.717) is 13.0 Å². The van der Waals surface area contributed by atoms with Crippen LogP contribution in [-0.2, 0) is 0 Å². The van der Waals surface area contributed by atoms with Crippen LogP contribution in [0.4, 0.5) is 13.2 Å². The van der Waals surface area contributed by atoms with Crippen molar-refractivity contribution in [1.29, 1.82) is 0 Å². The van der Waals surface area contributed by atoms with Crippen LogP contribution in [0.5, 0.6) is 0 Å². The highest BCUT2D eigenvalue weighted by molar-refractivity contribution is 7.12. The molecular weight excluding hydrogens is 261 g/mol. The summed E-state index contributed by atoms with van der Waals surface area (Å²) >= 11 is 1.51. The maximum atomic E-state index is 12.6. The van der Waals surface area contributed by atoms with Crippen LogP contribution < -0.4 is 5.73 Å². The van der Waals surface area contributed by atoms with Gasteiger partial charge in [-0.15, -0.1) is 11.3 Å². The summed E-state index contributed by atoms with van der Waals surface area (Å²) in [4.78, 5) is 3.42. The van der Waals surface area contributed by atoms with Gasteiger partial charge in [-0.25, -0.2) is 0 Å². The van der Waals surface area contributed by atoms with Crippen molar-refractivity contribution in [2.75, 3.05) is 19.6 Å². The smallest absolute Gasteiger partial charge is 0.329 e. The van der Waals surface area contributed by atoms with Crippen molar-refractivity contribution in [3.8, 4) is 0 Å². The van der Waals surface area contributed by atoms with E-state index in [1.54, 1.807) is 0 Å². The molecule has 2 N–H and O–H groups in total. The highest BCUT2D eigenvalue weighted by Crippen LogP contribution is 2.29. The third-order valence-electron chi connectivity index (χ3n) is 2.65. The van der Waals surface area contributed by atoms with Crippen molar-refractivity contribution in [1.82, 2.24) is 4.90 Å². The summed E-state index contributed by atoms with van der Waals surface area (Å²) in [6.45, 7) is 3.51. The maximum Gasteiger partial charge on any atom is 0.401 e. The third kappa shape index (κ3) is 4.59. The van der Waals surface area contributed by atoms with Crippen molar-refractivity contribution < 1.29 is 13.2 Å². The van der Waals surface area contributed by atoms with Gasteiger partial charge in [-0.1, -0.05) is 6.92 Å². The van der Waals surface area contributed by atoms with Gasteiger partial charge in [-0.3, -0.25) is 4.90 Å². The highest BCUT2D eigenvalue weighted by atomic mass is 32.1. The Kier molecular flexibility index (Phi) is 5.62. The molecule has 1 atom stereocenters. The van der Waals surface area contributed by atoms with E-state index in [-0.39, 0.29) is 12.6 Å². The van der Waals surface area contributed by atoms with E-state index in [0.717, 1.165) is 9.75 Å². The summed E-state index contributed by atoms with van der Waals surface area (Å²) in [6.07, 6.45) is -3.51. The molecule has 6 heteroatoms. The van der Waals surface area contributed by atoms with Crippen LogP contribution in [0, 0.1) is 6.92 Å². The molecular formula is C12H19F3N2S. The number of hydrogen-bond donors (Lipinski definition) is 1. The minimum Gasteiger partial charge on any atom is -0.329 e. The maximum absolute atomic E-state index is 12.6. The molecule has 0 aliphatic heterocycles. The van der Waals surface area contributed by atoms with Crippen LogP contribution in [0.3, 0.4) is 0 Å². The molecule has 0 amide bonds. The number of aryl methyl sites for hydroxylation is 1. The molecule has 1 aromatic rings. The molecule has 0 radical (unpaired) electrons. The Bertz CT molecular complexity index is 362. The average molecular weight is 280 g/mol. The van der Waals surface area contributed by atoms with E-state index in [2.05, 4.69) is 0 Å². The van der Waals surface area contributed by atoms with Gasteiger partial charge in [0.2, 0.25) is 0 Å². The number of thiophene rings is 1. The lowest BCUT2D eigenvalue weighted by Crippen LogP contribution is -2.40. The second-order valence-corrected chi connectivity index (χ2v) is 5.61. The fourth-order valence-corrected chi connectivity index (χ4v) is 2.97. The minimum absolute atomic E-state index is 0.204. The van der Waals surface area contributed by atoms with Crippen LogP contribution in [0.2, 0.25) is 0 Å². The van der Waals surface area contributed by atoms with Crippen LogP contribution in [0.15, 0.2) is 12.1 Å². The predicted octanol–water partition coefficient (Wildman–Crippen LogP) is 3.33. The van der Waals surface area contributed by atoms with Crippen molar-refractivity contribution in [2.24, 2.45) is 5.73 Å². The molecule has 0 aliphatic carbocycles. The number of rotatable bonds is 6. The van der Waals surface area contributed by atoms with E-state index in [1.165, 1.54) is 16.2 Å². The van der Waals surface area contributed by atoms with Gasteiger partial charge in [0.15, 0.2) is 0 Å². The number of hydrogen-bond acceptors (Lipinski definition) is 3. The van der Waals surface area contributed by atoms with Crippen molar-refractivity contribution in [3.05, 3.63) is 21.9 Å². The lowest BCUT2D eigenvalue weighted by Gasteiger charge is -2.30. The molecule has 0 spiro atoms. The van der Waals surface area contributed by atoms with Gasteiger partial charge in [0, 0.05) is 16.3 Å². The molecule has 18 heavy (non-hydrogen) atoms. The Morgan fingerprint density at radius 2 is 2.06 bits per heavy atom. The molecule has 0 fully saturated rings. The summed E-state index contributed by atoms with van der Waals surface area (Å²) in [5.74, 6) is 0. The molecule has 1 heterocycles. The number of nitrogens with zero attached hydrogens (tertiary/aromatic N) is 1. The van der Waals surface area contributed by atoms with Gasteiger partial charge in [0.1, 0.15) is 0 Å². The lowest BCUT2D eigenvalue weighted by atomic mass is 10.2. The summed E-state index contributed by atoms with van der Waals surface area (Å²) < 4.78 is 37.7. The van der Waals surface area contributed by atoms with Crippen LogP contribution in [0.1, 0.15) is 29.1 Å². The quantitative estimate of drug-likeness (QED) is 0.866. The van der Waals surface area contributed by atoms with Crippen LogP contribution in [-0.4, -0.2) is 30.7 Å². The second kappa shape index (κ2) is 6.54. The van der Waals surface area contributed by atoms with E-state index < -0.39 is 12.7 Å². The summed E-state index contributed by atoms with van der Waals surface area (Å²) in [5, 5.41) is 0. The normalized spacial score (nSPS) is 14.2. The first-order valence-corrected chi connectivity index (χ1v) is 6.76. The molecule has 104 valence electrons. The van der Waals surface area contributed by atoms with Crippen molar-refractivity contribution in [2.45, 2.75) is 32.5 Å². The van der Waals surface area contributed by atoms with Crippen LogP contribution in [0.25, 0.3) is 0 Å². The number of nitrogens with two attached hydrogens (primary N) is 1. The fraction of sp³-hybridized carbons (Fsp3) is 0.667. The van der Waals surface area contributed by atoms with Gasteiger partial charge < -0.3 is 5.73 Å². The largest absolute Gasteiger partial charge is 0.401 e. The van der Waals surface area contributed by atoms with E-state index in [4.69, 9.17) is 5.73 Å². The Morgan fingerprint density at radius 1 is 1.39 bits per heavy atom. The monoisotopic (exact) mass is 280 g/mol. The summed E-state index contributed by atoms with van der Waals surface area (Å²) in [5.41, 5.74) is 5.66. The van der Waals surface area contributed by atoms with E-state index >= 15 is 0 Å². The fourth-order valence-electron chi connectivity index (χ4n) is 1.94. The third-order valence-corrected chi connectivity index (χ3v) is 3.75. The molecule has 2 nitrogen and oxygen atoms in total. The standard InChI is InChI=1S/C12H19F3N2S/c1-3-6-17(8-12(13,14)15)10(7-16)11-5-4-9(2)18-11/h4-5,10H,3,6-8,16H2,1-2H3. The van der Waals surface area contributed by atoms with Crippen molar-refractivity contribution >= 4 is 11.3 Å². The topological polar surface area (TPSA) is 29.3 Å². The zero-order valence-electron chi connectivity index (χ0n) is 10.6. The molecule has 0 saturated heterocycles. The first-order valence-electron chi connectivity index (χ1n) is 5.94. The highest BCUT2D eigenvalue weighted by Gasteiger charge is 2.33. The molecule has 0 saturated carbocycles. The van der Waals surface area contributed by atoms with Gasteiger partial charge in [-0.2, -0.15) is 13.2 Å². The second-order valence-electron chi connectivity index (χ2n) is 4.29. The molecule has 0 bridgehead atoms. The first-order chi connectivity index (χ1) is 8.37. The van der Waals surface area contributed by atoms with Crippen LogP contribution >= 0.6 is 11.3 Å². The zero-order chi connectivity index (χ0) is 13.8. The lowest BCUT2D eigenvalue weighted by molar-refractivity contribution is -0.150. The molecule has 1 unspecified atom stereocenters. The number of halogens is 3. The molecule has 1 aromatic heterocycles. The molecule has 0 aliphatic rings. The Labute approximate surface area is 110 Å². The SMILES string of the molecule is CCCN(CC(F)(F)F)C(CN)c1ccc(C)s1. The minimum atomic E-state index is -4.19. The van der Waals surface area contributed by atoms with Gasteiger partial charge in [-0.05, 0) is 32.0 Å². The van der Waals surface area contributed by atoms with Gasteiger partial charge in [0.05, 0.1) is 12.6 Å². The summed E-state index contributed by atoms with van der Waals surface area (Å²) in [7, 11) is 0. The van der Waals surface area contributed by atoms with Gasteiger partial charge in [0.25, 0.3) is 0 Å². The number of alkyl halides is 3. The van der Waals surface area contributed by atoms with Gasteiger partial charge >= 0.3 is 6.18 Å². The van der Waals surface area contributed by atoms with E-state index in [9.17, 15) is 13.2 Å². The Morgan fingerprint density at radius 3 is 2.44 bits per heavy atom. The molecule has 0 aromatic carbocycles. The Hall–Kier alpha value is -0.590.